The van der Waals surface area contributed by atoms with Crippen molar-refractivity contribution in [3.05, 3.63) is 40.9 Å². The Kier molecular flexibility index (Phi) is 4.70. The molecule has 5 nitrogen and oxygen atoms in total. The highest BCUT2D eigenvalue weighted by molar-refractivity contribution is 7.13. The average molecular weight is 303 g/mol. The quantitative estimate of drug-likeness (QED) is 0.939. The molecule has 21 heavy (non-hydrogen) atoms. The minimum atomic E-state index is -0.194. The smallest absolute Gasteiger partial charge is 0.254 e. The van der Waals surface area contributed by atoms with E-state index in [9.17, 15) is 9.59 Å². The lowest BCUT2D eigenvalue weighted by Gasteiger charge is -2.16. The first kappa shape index (κ1) is 15.2. The number of thiazole rings is 1. The molecule has 0 aliphatic rings. The van der Waals surface area contributed by atoms with Crippen molar-refractivity contribution in [2.75, 3.05) is 20.6 Å². The van der Waals surface area contributed by atoms with Crippen molar-refractivity contribution in [3.63, 3.8) is 0 Å². The molecule has 2 aromatic rings. The van der Waals surface area contributed by atoms with Gasteiger partial charge in [0.15, 0.2) is 0 Å². The second kappa shape index (κ2) is 6.49. The number of hydrogen-bond acceptors (Lipinski definition) is 4. The second-order valence-electron chi connectivity index (χ2n) is 4.71. The van der Waals surface area contributed by atoms with E-state index in [0.717, 1.165) is 16.3 Å². The monoisotopic (exact) mass is 303 g/mol. The van der Waals surface area contributed by atoms with Crippen molar-refractivity contribution in [1.29, 1.82) is 0 Å². The SMILES string of the molecule is CNC(=O)CN(C)C(=O)c1ccc(-c2nc(C)cs2)cc1. The molecule has 0 saturated carbocycles. The maximum absolute atomic E-state index is 12.2. The standard InChI is InChI=1S/C15H17N3O2S/c1-10-9-21-14(17-10)11-4-6-12(7-5-11)15(20)18(3)8-13(19)16-2/h4-7,9H,8H2,1-3H3,(H,16,19). The van der Waals surface area contributed by atoms with Crippen LogP contribution < -0.4 is 5.32 Å². The Morgan fingerprint density at radius 3 is 2.48 bits per heavy atom. The molecule has 2 amide bonds. The molecule has 0 saturated heterocycles. The molecule has 0 bridgehead atoms. The van der Waals surface area contributed by atoms with Crippen LogP contribution >= 0.6 is 11.3 Å². The molecule has 6 heteroatoms. The summed E-state index contributed by atoms with van der Waals surface area (Å²) in [5.74, 6) is -0.374. The van der Waals surface area contributed by atoms with E-state index >= 15 is 0 Å². The molecule has 1 aromatic carbocycles. The van der Waals surface area contributed by atoms with Gasteiger partial charge in [0.25, 0.3) is 5.91 Å². The topological polar surface area (TPSA) is 62.3 Å². The molecular formula is C15H17N3O2S. The third-order valence-electron chi connectivity index (χ3n) is 3.00. The second-order valence-corrected chi connectivity index (χ2v) is 5.56. The Balaban J connectivity index is 2.11. The summed E-state index contributed by atoms with van der Waals surface area (Å²) in [5.41, 5.74) is 2.53. The number of amides is 2. The van der Waals surface area contributed by atoms with Gasteiger partial charge in [-0.2, -0.15) is 0 Å². The average Bonchev–Trinajstić information content (AvgIpc) is 2.93. The molecule has 0 aliphatic heterocycles. The van der Waals surface area contributed by atoms with Crippen LogP contribution in [-0.4, -0.2) is 42.3 Å². The number of carbonyl (C=O) groups is 2. The lowest BCUT2D eigenvalue weighted by atomic mass is 10.1. The molecule has 110 valence electrons. The number of rotatable bonds is 4. The van der Waals surface area contributed by atoms with Crippen LogP contribution in [0.5, 0.6) is 0 Å². The van der Waals surface area contributed by atoms with Crippen molar-refractivity contribution in [1.82, 2.24) is 15.2 Å². The molecule has 0 radical (unpaired) electrons. The Hall–Kier alpha value is -2.21. The van der Waals surface area contributed by atoms with Gasteiger partial charge in [0.2, 0.25) is 5.91 Å². The van der Waals surface area contributed by atoms with E-state index < -0.39 is 0 Å². The number of hydrogen-bond donors (Lipinski definition) is 1. The van der Waals surface area contributed by atoms with Crippen molar-refractivity contribution in [3.8, 4) is 10.6 Å². The van der Waals surface area contributed by atoms with E-state index in [2.05, 4.69) is 10.3 Å². The fourth-order valence-electron chi connectivity index (χ4n) is 1.83. The predicted molar refractivity (Wildman–Crippen MR) is 83.3 cm³/mol. The number of likely N-dealkylation sites (N-methyl/N-ethyl adjacent to an activating group) is 2. The Morgan fingerprint density at radius 1 is 1.29 bits per heavy atom. The summed E-state index contributed by atoms with van der Waals surface area (Å²) in [6.45, 7) is 1.99. The number of nitrogens with zero attached hydrogens (tertiary/aromatic N) is 2. The first-order chi connectivity index (χ1) is 10.0. The normalized spacial score (nSPS) is 10.2. The summed E-state index contributed by atoms with van der Waals surface area (Å²) < 4.78 is 0. The number of nitrogens with one attached hydrogen (secondary N) is 1. The van der Waals surface area contributed by atoms with Crippen LogP contribution in [0.15, 0.2) is 29.6 Å². The molecule has 1 aromatic heterocycles. The van der Waals surface area contributed by atoms with Gasteiger partial charge in [0.05, 0.1) is 6.54 Å². The number of carbonyl (C=O) groups excluding carboxylic acids is 2. The lowest BCUT2D eigenvalue weighted by molar-refractivity contribution is -0.121. The molecule has 1 N–H and O–H groups in total. The summed E-state index contributed by atoms with van der Waals surface area (Å²) in [6.07, 6.45) is 0. The highest BCUT2D eigenvalue weighted by Gasteiger charge is 2.14. The molecule has 0 atom stereocenters. The Morgan fingerprint density at radius 2 is 1.95 bits per heavy atom. The van der Waals surface area contributed by atoms with Crippen LogP contribution in [0, 0.1) is 6.92 Å². The van der Waals surface area contributed by atoms with Gasteiger partial charge in [-0.05, 0) is 19.1 Å². The van der Waals surface area contributed by atoms with Gasteiger partial charge in [0.1, 0.15) is 5.01 Å². The molecule has 0 fully saturated rings. The van der Waals surface area contributed by atoms with Gasteiger partial charge in [-0.15, -0.1) is 11.3 Å². The van der Waals surface area contributed by atoms with Crippen LogP contribution in [0.4, 0.5) is 0 Å². The zero-order valence-electron chi connectivity index (χ0n) is 12.2. The van der Waals surface area contributed by atoms with Gasteiger partial charge in [-0.1, -0.05) is 12.1 Å². The fraction of sp³-hybridized carbons (Fsp3) is 0.267. The van der Waals surface area contributed by atoms with E-state index in [4.69, 9.17) is 0 Å². The molecule has 1 heterocycles. The van der Waals surface area contributed by atoms with E-state index in [1.807, 2.05) is 24.4 Å². The van der Waals surface area contributed by atoms with Crippen LogP contribution in [0.25, 0.3) is 10.6 Å². The summed E-state index contributed by atoms with van der Waals surface area (Å²) >= 11 is 1.58. The first-order valence-corrected chi connectivity index (χ1v) is 7.38. The van der Waals surface area contributed by atoms with Gasteiger partial charge >= 0.3 is 0 Å². The van der Waals surface area contributed by atoms with E-state index in [1.165, 1.54) is 4.90 Å². The first-order valence-electron chi connectivity index (χ1n) is 6.50. The predicted octanol–water partition coefficient (Wildman–Crippen LogP) is 1.94. The number of aromatic nitrogens is 1. The van der Waals surface area contributed by atoms with Gasteiger partial charge in [0, 0.05) is 36.3 Å². The summed E-state index contributed by atoms with van der Waals surface area (Å²) in [5, 5.41) is 5.42. The van der Waals surface area contributed by atoms with Crippen LogP contribution in [0.1, 0.15) is 16.1 Å². The van der Waals surface area contributed by atoms with E-state index in [-0.39, 0.29) is 18.4 Å². The molecule has 0 unspecified atom stereocenters. The highest BCUT2D eigenvalue weighted by Crippen LogP contribution is 2.23. The van der Waals surface area contributed by atoms with Gasteiger partial charge in [-0.3, -0.25) is 9.59 Å². The molecule has 2 rings (SSSR count). The minimum Gasteiger partial charge on any atom is -0.358 e. The summed E-state index contributed by atoms with van der Waals surface area (Å²) in [7, 11) is 3.15. The van der Waals surface area contributed by atoms with Crippen molar-refractivity contribution in [2.24, 2.45) is 0 Å². The maximum Gasteiger partial charge on any atom is 0.254 e. The molecule has 0 aliphatic carbocycles. The minimum absolute atomic E-state index is 0.0444. The van der Waals surface area contributed by atoms with Crippen LogP contribution in [0.3, 0.4) is 0 Å². The van der Waals surface area contributed by atoms with E-state index in [1.54, 1.807) is 37.6 Å². The number of benzene rings is 1. The van der Waals surface area contributed by atoms with Crippen LogP contribution in [0.2, 0.25) is 0 Å². The van der Waals surface area contributed by atoms with Crippen molar-refractivity contribution in [2.45, 2.75) is 6.92 Å². The number of aryl methyl sites for hydroxylation is 1. The van der Waals surface area contributed by atoms with Gasteiger partial charge in [-0.25, -0.2) is 4.98 Å². The molecule has 0 spiro atoms. The third kappa shape index (κ3) is 3.66. The fourth-order valence-corrected chi connectivity index (χ4v) is 2.63. The van der Waals surface area contributed by atoms with E-state index in [0.29, 0.717) is 5.56 Å². The van der Waals surface area contributed by atoms with Gasteiger partial charge < -0.3 is 10.2 Å². The zero-order valence-corrected chi connectivity index (χ0v) is 13.0. The van der Waals surface area contributed by atoms with Crippen molar-refractivity contribution < 1.29 is 9.59 Å². The maximum atomic E-state index is 12.2. The Labute approximate surface area is 127 Å². The Bertz CT molecular complexity index is 649. The third-order valence-corrected chi connectivity index (χ3v) is 4.01. The largest absolute Gasteiger partial charge is 0.358 e. The summed E-state index contributed by atoms with van der Waals surface area (Å²) in [4.78, 5) is 29.3. The summed E-state index contributed by atoms with van der Waals surface area (Å²) in [6, 6.07) is 7.27. The molecular weight excluding hydrogens is 286 g/mol. The highest BCUT2D eigenvalue weighted by atomic mass is 32.1. The zero-order chi connectivity index (χ0) is 15.4. The van der Waals surface area contributed by atoms with Crippen molar-refractivity contribution >= 4 is 23.2 Å². The lowest BCUT2D eigenvalue weighted by Crippen LogP contribution is -2.36. The van der Waals surface area contributed by atoms with Crippen LogP contribution in [-0.2, 0) is 4.79 Å².